The molecule has 1 heterocycles. The largest absolute Gasteiger partial charge is 0.399 e. The Morgan fingerprint density at radius 3 is 2.95 bits per heavy atom. The van der Waals surface area contributed by atoms with Crippen molar-refractivity contribution >= 4 is 22.9 Å². The number of halogens is 1. The Bertz CT molecular complexity index is 595. The number of hydrogen-bond acceptors (Lipinski definition) is 3. The van der Waals surface area contributed by atoms with Gasteiger partial charge in [0.15, 0.2) is 0 Å². The van der Waals surface area contributed by atoms with Crippen molar-refractivity contribution < 1.29 is 9.18 Å². The van der Waals surface area contributed by atoms with Crippen molar-refractivity contribution in [2.75, 3.05) is 5.73 Å². The molecule has 0 aliphatic rings. The summed E-state index contributed by atoms with van der Waals surface area (Å²) in [7, 11) is 0. The van der Waals surface area contributed by atoms with Crippen LogP contribution in [0.2, 0.25) is 0 Å². The second kappa shape index (κ2) is 5.84. The fraction of sp³-hybridized carbons (Fsp3) is 0.214. The highest BCUT2D eigenvalue weighted by molar-refractivity contribution is 7.10. The average Bonchev–Trinajstić information content (AvgIpc) is 2.86. The molecular formula is C14H15FN2OS. The molecular weight excluding hydrogens is 263 g/mol. The number of carbonyl (C=O) groups excluding carboxylic acids is 1. The number of anilines is 1. The molecule has 5 heteroatoms. The zero-order valence-corrected chi connectivity index (χ0v) is 11.4. The third-order valence-corrected chi connectivity index (χ3v) is 3.83. The number of benzene rings is 1. The molecule has 1 amide bonds. The highest BCUT2D eigenvalue weighted by Gasteiger charge is 2.12. The van der Waals surface area contributed by atoms with E-state index in [1.54, 1.807) is 11.3 Å². The van der Waals surface area contributed by atoms with Crippen LogP contribution >= 0.6 is 11.3 Å². The van der Waals surface area contributed by atoms with E-state index in [4.69, 9.17) is 5.73 Å². The fourth-order valence-electron chi connectivity index (χ4n) is 1.81. The summed E-state index contributed by atoms with van der Waals surface area (Å²) >= 11 is 1.59. The van der Waals surface area contributed by atoms with Crippen molar-refractivity contribution in [3.05, 3.63) is 51.5 Å². The Morgan fingerprint density at radius 1 is 1.42 bits per heavy atom. The summed E-state index contributed by atoms with van der Waals surface area (Å²) in [5.74, 6) is -1.01. The maximum absolute atomic E-state index is 13.5. The van der Waals surface area contributed by atoms with E-state index < -0.39 is 11.7 Å². The number of rotatable bonds is 4. The van der Waals surface area contributed by atoms with Gasteiger partial charge in [-0.1, -0.05) is 6.92 Å². The second-order valence-corrected chi connectivity index (χ2v) is 5.15. The molecule has 0 atom stereocenters. The standard InChI is InChI=1S/C14H15FN2OS/c1-2-9-5-6-19-13(9)8-17-14(18)11-7-10(16)3-4-12(11)15/h3-7H,2,8,16H2,1H3,(H,17,18). The van der Waals surface area contributed by atoms with Gasteiger partial charge in [-0.25, -0.2) is 4.39 Å². The minimum atomic E-state index is -0.561. The van der Waals surface area contributed by atoms with Crippen LogP contribution in [0.5, 0.6) is 0 Å². The van der Waals surface area contributed by atoms with Crippen LogP contribution < -0.4 is 11.1 Å². The summed E-state index contributed by atoms with van der Waals surface area (Å²) in [6.45, 7) is 2.47. The molecule has 3 N–H and O–H groups in total. The van der Waals surface area contributed by atoms with E-state index in [2.05, 4.69) is 12.2 Å². The Balaban J connectivity index is 2.07. The summed E-state index contributed by atoms with van der Waals surface area (Å²) in [4.78, 5) is 13.0. The summed E-state index contributed by atoms with van der Waals surface area (Å²) in [5.41, 5.74) is 7.12. The molecule has 0 saturated heterocycles. The van der Waals surface area contributed by atoms with Crippen molar-refractivity contribution in [2.24, 2.45) is 0 Å². The molecule has 0 aliphatic heterocycles. The second-order valence-electron chi connectivity index (χ2n) is 4.14. The molecule has 0 bridgehead atoms. The Kier molecular flexibility index (Phi) is 4.16. The van der Waals surface area contributed by atoms with Crippen LogP contribution in [-0.4, -0.2) is 5.91 Å². The van der Waals surface area contributed by atoms with Crippen molar-refractivity contribution in [3.8, 4) is 0 Å². The van der Waals surface area contributed by atoms with Crippen LogP contribution in [0, 0.1) is 5.82 Å². The van der Waals surface area contributed by atoms with E-state index in [0.717, 1.165) is 11.3 Å². The van der Waals surface area contributed by atoms with Gasteiger partial charge in [0, 0.05) is 10.6 Å². The van der Waals surface area contributed by atoms with Gasteiger partial charge in [0.25, 0.3) is 5.91 Å². The van der Waals surface area contributed by atoms with Crippen molar-refractivity contribution in [1.29, 1.82) is 0 Å². The molecule has 19 heavy (non-hydrogen) atoms. The summed E-state index contributed by atoms with van der Waals surface area (Å²) in [6, 6.07) is 6.01. The Labute approximate surface area is 115 Å². The quantitative estimate of drug-likeness (QED) is 0.845. The zero-order valence-electron chi connectivity index (χ0n) is 10.6. The Hall–Kier alpha value is -1.88. The molecule has 0 radical (unpaired) electrons. The molecule has 0 fully saturated rings. The highest BCUT2D eigenvalue weighted by Crippen LogP contribution is 2.17. The van der Waals surface area contributed by atoms with Crippen LogP contribution in [0.3, 0.4) is 0 Å². The molecule has 0 aliphatic carbocycles. The molecule has 2 rings (SSSR count). The topological polar surface area (TPSA) is 55.1 Å². The maximum atomic E-state index is 13.5. The molecule has 100 valence electrons. The number of hydrogen-bond donors (Lipinski definition) is 2. The third-order valence-electron chi connectivity index (χ3n) is 2.86. The highest BCUT2D eigenvalue weighted by atomic mass is 32.1. The number of aryl methyl sites for hydroxylation is 1. The van der Waals surface area contributed by atoms with Gasteiger partial charge in [0.05, 0.1) is 12.1 Å². The van der Waals surface area contributed by atoms with Gasteiger partial charge >= 0.3 is 0 Å². The SMILES string of the molecule is CCc1ccsc1CNC(=O)c1cc(N)ccc1F. The molecule has 0 spiro atoms. The first-order valence-corrected chi connectivity index (χ1v) is 6.88. The molecule has 0 saturated carbocycles. The number of nitrogens with one attached hydrogen (secondary N) is 1. The van der Waals surface area contributed by atoms with Crippen LogP contribution in [0.15, 0.2) is 29.6 Å². The normalized spacial score (nSPS) is 10.4. The van der Waals surface area contributed by atoms with E-state index in [9.17, 15) is 9.18 Å². The van der Waals surface area contributed by atoms with Gasteiger partial charge in [-0.3, -0.25) is 4.79 Å². The Morgan fingerprint density at radius 2 is 2.21 bits per heavy atom. The lowest BCUT2D eigenvalue weighted by molar-refractivity contribution is 0.0947. The first-order chi connectivity index (χ1) is 9.11. The van der Waals surface area contributed by atoms with Gasteiger partial charge in [0.1, 0.15) is 5.82 Å². The van der Waals surface area contributed by atoms with E-state index in [0.29, 0.717) is 12.2 Å². The first-order valence-electron chi connectivity index (χ1n) is 6.00. The smallest absolute Gasteiger partial charge is 0.254 e. The van der Waals surface area contributed by atoms with Crippen molar-refractivity contribution in [2.45, 2.75) is 19.9 Å². The van der Waals surface area contributed by atoms with E-state index in [1.165, 1.54) is 23.8 Å². The van der Waals surface area contributed by atoms with Gasteiger partial charge in [-0.05, 0) is 41.6 Å². The van der Waals surface area contributed by atoms with Crippen molar-refractivity contribution in [3.63, 3.8) is 0 Å². The van der Waals surface area contributed by atoms with Crippen LogP contribution in [0.1, 0.15) is 27.7 Å². The lowest BCUT2D eigenvalue weighted by Gasteiger charge is -2.07. The maximum Gasteiger partial charge on any atom is 0.254 e. The number of amides is 1. The van der Waals surface area contributed by atoms with E-state index in [-0.39, 0.29) is 5.56 Å². The monoisotopic (exact) mass is 278 g/mol. The first kappa shape index (κ1) is 13.5. The zero-order chi connectivity index (χ0) is 13.8. The number of carbonyl (C=O) groups is 1. The summed E-state index contributed by atoms with van der Waals surface area (Å²) < 4.78 is 13.5. The van der Waals surface area contributed by atoms with E-state index in [1.807, 2.05) is 11.4 Å². The summed E-state index contributed by atoms with van der Waals surface area (Å²) in [6.07, 6.45) is 0.918. The van der Waals surface area contributed by atoms with Gasteiger partial charge < -0.3 is 11.1 Å². The van der Waals surface area contributed by atoms with E-state index >= 15 is 0 Å². The van der Waals surface area contributed by atoms with Gasteiger partial charge in [-0.2, -0.15) is 0 Å². The number of nitrogen functional groups attached to an aromatic ring is 1. The predicted octanol–water partition coefficient (Wildman–Crippen LogP) is 2.96. The molecule has 3 nitrogen and oxygen atoms in total. The lowest BCUT2D eigenvalue weighted by atomic mass is 10.1. The van der Waals surface area contributed by atoms with Gasteiger partial charge in [0.2, 0.25) is 0 Å². The number of thiophene rings is 1. The number of nitrogens with two attached hydrogens (primary N) is 1. The summed E-state index contributed by atoms with van der Waals surface area (Å²) in [5, 5.41) is 4.71. The van der Waals surface area contributed by atoms with Crippen molar-refractivity contribution in [1.82, 2.24) is 5.32 Å². The molecule has 1 aromatic carbocycles. The minimum absolute atomic E-state index is 0.0189. The third kappa shape index (κ3) is 3.12. The minimum Gasteiger partial charge on any atom is -0.399 e. The van der Waals surface area contributed by atoms with Crippen LogP contribution in [-0.2, 0) is 13.0 Å². The molecule has 2 aromatic rings. The lowest BCUT2D eigenvalue weighted by Crippen LogP contribution is -2.24. The average molecular weight is 278 g/mol. The molecule has 0 unspecified atom stereocenters. The van der Waals surface area contributed by atoms with Gasteiger partial charge in [-0.15, -0.1) is 11.3 Å². The fourth-order valence-corrected chi connectivity index (χ4v) is 2.73. The predicted molar refractivity (Wildman–Crippen MR) is 75.7 cm³/mol. The van der Waals surface area contributed by atoms with Crippen LogP contribution in [0.25, 0.3) is 0 Å². The molecule has 1 aromatic heterocycles. The van der Waals surface area contributed by atoms with Crippen LogP contribution in [0.4, 0.5) is 10.1 Å².